The van der Waals surface area contributed by atoms with E-state index < -0.39 is 0 Å². The van der Waals surface area contributed by atoms with E-state index in [0.29, 0.717) is 12.2 Å². The minimum atomic E-state index is -0.197. The van der Waals surface area contributed by atoms with E-state index in [9.17, 15) is 4.79 Å². The van der Waals surface area contributed by atoms with Crippen molar-refractivity contribution in [3.8, 4) is 11.8 Å². The van der Waals surface area contributed by atoms with Gasteiger partial charge in [0.15, 0.2) is 0 Å². The van der Waals surface area contributed by atoms with Crippen LogP contribution in [0.4, 0.5) is 5.69 Å². The van der Waals surface area contributed by atoms with Crippen LogP contribution in [0.5, 0.6) is 0 Å². The molecule has 20 heavy (non-hydrogen) atoms. The summed E-state index contributed by atoms with van der Waals surface area (Å²) in [6.45, 7) is 2.24. The second-order valence-corrected chi connectivity index (χ2v) is 4.33. The van der Waals surface area contributed by atoms with Gasteiger partial charge in [-0.3, -0.25) is 9.48 Å². The van der Waals surface area contributed by atoms with Gasteiger partial charge < -0.3 is 11.1 Å². The minimum absolute atomic E-state index is 0.197. The largest absolute Gasteiger partial charge is 0.320 e. The molecule has 0 radical (unpaired) electrons. The van der Waals surface area contributed by atoms with E-state index >= 15 is 0 Å². The Labute approximate surface area is 117 Å². The lowest BCUT2D eigenvalue weighted by molar-refractivity contribution is 0.101. The molecule has 3 N–H and O–H groups in total. The highest BCUT2D eigenvalue weighted by Crippen LogP contribution is 2.17. The molecule has 0 unspecified atom stereocenters. The summed E-state index contributed by atoms with van der Waals surface area (Å²) >= 11 is 0. The van der Waals surface area contributed by atoms with E-state index in [1.54, 1.807) is 19.3 Å². The number of rotatable bonds is 2. The minimum Gasteiger partial charge on any atom is -0.320 e. The second kappa shape index (κ2) is 6.04. The summed E-state index contributed by atoms with van der Waals surface area (Å²) in [5.41, 5.74) is 8.38. The van der Waals surface area contributed by atoms with Gasteiger partial charge in [-0.25, -0.2) is 0 Å². The number of amides is 1. The molecule has 0 aliphatic carbocycles. The fourth-order valence-corrected chi connectivity index (χ4v) is 1.77. The third kappa shape index (κ3) is 3.05. The maximum absolute atomic E-state index is 12.1. The molecule has 0 aliphatic rings. The first-order valence-corrected chi connectivity index (χ1v) is 6.20. The molecule has 2 aromatic rings. The van der Waals surface area contributed by atoms with Gasteiger partial charge in [0.1, 0.15) is 5.69 Å². The number of nitrogens with one attached hydrogen (secondary N) is 1. The third-order valence-corrected chi connectivity index (χ3v) is 2.87. The molecule has 0 atom stereocenters. The molecule has 0 saturated carbocycles. The molecule has 2 rings (SSSR count). The molecule has 0 aliphatic heterocycles. The first-order valence-electron chi connectivity index (χ1n) is 6.20. The van der Waals surface area contributed by atoms with Crippen LogP contribution in [0.2, 0.25) is 0 Å². The van der Waals surface area contributed by atoms with Gasteiger partial charge in [0, 0.05) is 24.5 Å². The summed E-state index contributed by atoms with van der Waals surface area (Å²) in [7, 11) is 1.73. The number of aryl methyl sites for hydroxylation is 2. The van der Waals surface area contributed by atoms with Gasteiger partial charge in [0.25, 0.3) is 5.91 Å². The molecule has 0 fully saturated rings. The highest BCUT2D eigenvalue weighted by atomic mass is 16.2. The van der Waals surface area contributed by atoms with Crippen LogP contribution in [0.15, 0.2) is 30.5 Å². The van der Waals surface area contributed by atoms with E-state index in [-0.39, 0.29) is 5.91 Å². The fourth-order valence-electron chi connectivity index (χ4n) is 1.77. The number of nitrogens with zero attached hydrogens (tertiary/aromatic N) is 2. The van der Waals surface area contributed by atoms with Crippen LogP contribution in [0.1, 0.15) is 21.6 Å². The molecule has 1 aromatic heterocycles. The summed E-state index contributed by atoms with van der Waals surface area (Å²) in [6, 6.07) is 7.33. The topological polar surface area (TPSA) is 72.9 Å². The van der Waals surface area contributed by atoms with Crippen molar-refractivity contribution in [2.24, 2.45) is 12.8 Å². The zero-order valence-corrected chi connectivity index (χ0v) is 11.5. The number of aromatic nitrogens is 2. The quantitative estimate of drug-likeness (QED) is 0.806. The van der Waals surface area contributed by atoms with Crippen molar-refractivity contribution in [2.75, 3.05) is 11.9 Å². The average Bonchev–Trinajstić information content (AvgIpc) is 2.86. The summed E-state index contributed by atoms with van der Waals surface area (Å²) in [6.07, 6.45) is 1.59. The lowest BCUT2D eigenvalue weighted by Crippen LogP contribution is -2.16. The summed E-state index contributed by atoms with van der Waals surface area (Å²) in [5.74, 6) is 5.54. The normalized spacial score (nSPS) is 9.75. The molecule has 1 amide bonds. The molecule has 0 bridgehead atoms. The van der Waals surface area contributed by atoms with Gasteiger partial charge in [-0.05, 0) is 30.7 Å². The number of hydrogen-bond acceptors (Lipinski definition) is 3. The first-order chi connectivity index (χ1) is 9.61. The Bertz CT molecular complexity index is 691. The Morgan fingerprint density at radius 1 is 1.45 bits per heavy atom. The van der Waals surface area contributed by atoms with Gasteiger partial charge in [-0.2, -0.15) is 5.10 Å². The monoisotopic (exact) mass is 268 g/mol. The number of carbonyl (C=O) groups is 1. The predicted molar refractivity (Wildman–Crippen MR) is 78.3 cm³/mol. The maximum atomic E-state index is 12.1. The zero-order chi connectivity index (χ0) is 14.5. The predicted octanol–water partition coefficient (Wildman–Crippen LogP) is 1.29. The van der Waals surface area contributed by atoms with E-state index in [2.05, 4.69) is 22.3 Å². The number of carbonyl (C=O) groups excluding carboxylic acids is 1. The van der Waals surface area contributed by atoms with Gasteiger partial charge in [-0.1, -0.05) is 17.9 Å². The van der Waals surface area contributed by atoms with E-state index in [0.717, 1.165) is 16.8 Å². The SMILES string of the molecule is Cc1ccc(C#CCN)cc1NC(=O)c1ccnn1C. The number of nitrogens with two attached hydrogens (primary N) is 1. The Kier molecular flexibility index (Phi) is 4.18. The Balaban J connectivity index is 2.25. The summed E-state index contributed by atoms with van der Waals surface area (Å²) in [5, 5.41) is 6.85. The van der Waals surface area contributed by atoms with Crippen molar-refractivity contribution in [2.45, 2.75) is 6.92 Å². The van der Waals surface area contributed by atoms with Crippen LogP contribution in [-0.4, -0.2) is 22.2 Å². The Morgan fingerprint density at radius 3 is 2.90 bits per heavy atom. The molecule has 5 nitrogen and oxygen atoms in total. The van der Waals surface area contributed by atoms with Gasteiger partial charge in [-0.15, -0.1) is 0 Å². The second-order valence-electron chi connectivity index (χ2n) is 4.33. The summed E-state index contributed by atoms with van der Waals surface area (Å²) in [4.78, 5) is 12.1. The Morgan fingerprint density at radius 2 is 2.25 bits per heavy atom. The molecular weight excluding hydrogens is 252 g/mol. The number of hydrogen-bond donors (Lipinski definition) is 2. The fraction of sp³-hybridized carbons (Fsp3) is 0.200. The van der Waals surface area contributed by atoms with Crippen LogP contribution in [-0.2, 0) is 7.05 Å². The van der Waals surface area contributed by atoms with Crippen molar-refractivity contribution >= 4 is 11.6 Å². The standard InChI is InChI=1S/C15H16N4O/c1-11-5-6-12(4-3-8-16)10-13(11)18-15(20)14-7-9-17-19(14)2/h5-7,9-10H,8,16H2,1-2H3,(H,18,20). The van der Waals surface area contributed by atoms with Gasteiger partial charge in [0.2, 0.25) is 0 Å². The van der Waals surface area contributed by atoms with E-state index in [1.165, 1.54) is 4.68 Å². The van der Waals surface area contributed by atoms with Crippen molar-refractivity contribution in [1.82, 2.24) is 9.78 Å². The molecular formula is C15H16N4O. The molecule has 1 aromatic carbocycles. The van der Waals surface area contributed by atoms with Crippen LogP contribution in [0.25, 0.3) is 0 Å². The molecule has 0 spiro atoms. The van der Waals surface area contributed by atoms with Crippen molar-refractivity contribution < 1.29 is 4.79 Å². The van der Waals surface area contributed by atoms with E-state index in [4.69, 9.17) is 5.73 Å². The third-order valence-electron chi connectivity index (χ3n) is 2.87. The van der Waals surface area contributed by atoms with Crippen molar-refractivity contribution in [1.29, 1.82) is 0 Å². The highest BCUT2D eigenvalue weighted by molar-refractivity contribution is 6.03. The maximum Gasteiger partial charge on any atom is 0.273 e. The zero-order valence-electron chi connectivity index (χ0n) is 11.5. The van der Waals surface area contributed by atoms with Crippen molar-refractivity contribution in [3.05, 3.63) is 47.3 Å². The van der Waals surface area contributed by atoms with Crippen LogP contribution < -0.4 is 11.1 Å². The highest BCUT2D eigenvalue weighted by Gasteiger charge is 2.11. The van der Waals surface area contributed by atoms with E-state index in [1.807, 2.05) is 25.1 Å². The summed E-state index contributed by atoms with van der Waals surface area (Å²) < 4.78 is 1.53. The molecule has 1 heterocycles. The lowest BCUT2D eigenvalue weighted by atomic mass is 10.1. The smallest absolute Gasteiger partial charge is 0.273 e. The van der Waals surface area contributed by atoms with Crippen LogP contribution >= 0.6 is 0 Å². The lowest BCUT2D eigenvalue weighted by Gasteiger charge is -2.09. The average molecular weight is 268 g/mol. The number of benzene rings is 1. The molecule has 5 heteroatoms. The van der Waals surface area contributed by atoms with Crippen LogP contribution in [0, 0.1) is 18.8 Å². The van der Waals surface area contributed by atoms with Crippen LogP contribution in [0.3, 0.4) is 0 Å². The first kappa shape index (κ1) is 13.8. The van der Waals surface area contributed by atoms with Gasteiger partial charge in [0.05, 0.1) is 6.54 Å². The Hall–Kier alpha value is -2.58. The van der Waals surface area contributed by atoms with Gasteiger partial charge >= 0.3 is 0 Å². The molecule has 102 valence electrons. The number of anilines is 1. The van der Waals surface area contributed by atoms with Crippen molar-refractivity contribution in [3.63, 3.8) is 0 Å². The molecule has 0 saturated heterocycles.